The Balaban J connectivity index is 1.69. The van der Waals surface area contributed by atoms with Gasteiger partial charge in [0.25, 0.3) is 6.20 Å². The number of rotatable bonds is 4. The molecule has 4 aromatic rings. The quantitative estimate of drug-likeness (QED) is 0.333. The van der Waals surface area contributed by atoms with Gasteiger partial charge >= 0.3 is 5.88 Å². The van der Waals surface area contributed by atoms with Crippen molar-refractivity contribution in [3.05, 3.63) is 59.2 Å². The molecule has 27 heavy (non-hydrogen) atoms. The molecule has 3 aromatic heterocycles. The van der Waals surface area contributed by atoms with Crippen LogP contribution in [0.2, 0.25) is 0 Å². The summed E-state index contributed by atoms with van der Waals surface area (Å²) in [7, 11) is 0. The zero-order chi connectivity index (χ0) is 19.0. The third-order valence-electron chi connectivity index (χ3n) is 4.09. The van der Waals surface area contributed by atoms with Gasteiger partial charge in [-0.3, -0.25) is 4.52 Å². The molecule has 136 valence electrons. The number of hydrogen-bond acceptors (Lipinski definition) is 7. The number of nitrogens with two attached hydrogens (primary N) is 1. The molecule has 2 N–H and O–H groups in total. The Kier molecular flexibility index (Phi) is 4.33. The average Bonchev–Trinajstić information content (AvgIpc) is 3.27. The smallest absolute Gasteiger partial charge is 0.321 e. The number of anilines is 1. The molecule has 0 amide bonds. The third kappa shape index (κ3) is 3.26. The first kappa shape index (κ1) is 17.2. The Hall–Kier alpha value is -3.26. The molecule has 0 saturated heterocycles. The second-order valence-corrected chi connectivity index (χ2v) is 7.32. The van der Waals surface area contributed by atoms with Gasteiger partial charge in [0.05, 0.1) is 10.6 Å². The summed E-state index contributed by atoms with van der Waals surface area (Å²) in [5.74, 6) is -0.0707. The first-order valence-corrected chi connectivity index (χ1v) is 9.23. The van der Waals surface area contributed by atoms with Crippen molar-refractivity contribution < 1.29 is 14.3 Å². The fourth-order valence-corrected chi connectivity index (χ4v) is 3.62. The van der Waals surface area contributed by atoms with Crippen molar-refractivity contribution in [2.24, 2.45) is 4.99 Å². The Labute approximate surface area is 159 Å². The summed E-state index contributed by atoms with van der Waals surface area (Å²) in [4.78, 5) is 9.68. The SMILES string of the molecule is CC(C)c1ccc2c(N)c(/C([O-])=N/c3c[n+](-c4ccccc4)no3)sc2n1. The van der Waals surface area contributed by atoms with Crippen molar-refractivity contribution >= 4 is 39.0 Å². The summed E-state index contributed by atoms with van der Waals surface area (Å²) < 4.78 is 6.66. The minimum Gasteiger partial charge on any atom is -0.857 e. The van der Waals surface area contributed by atoms with Crippen LogP contribution >= 0.6 is 11.3 Å². The minimum atomic E-state index is -0.474. The molecular formula is C19H17N5O2S. The fourth-order valence-electron chi connectivity index (χ4n) is 2.63. The molecule has 0 saturated carbocycles. The molecule has 0 atom stereocenters. The Morgan fingerprint density at radius 1 is 1.22 bits per heavy atom. The van der Waals surface area contributed by atoms with E-state index < -0.39 is 5.90 Å². The van der Waals surface area contributed by atoms with Gasteiger partial charge in [0.2, 0.25) is 11.0 Å². The second kappa shape index (κ2) is 6.81. The van der Waals surface area contributed by atoms with E-state index in [0.29, 0.717) is 16.5 Å². The number of aliphatic imine (C=N–C) groups is 1. The maximum atomic E-state index is 12.6. The average molecular weight is 379 g/mol. The van der Waals surface area contributed by atoms with Crippen LogP contribution in [-0.2, 0) is 0 Å². The van der Waals surface area contributed by atoms with E-state index >= 15 is 0 Å². The minimum absolute atomic E-state index is 0.108. The number of nitrogen functional groups attached to an aromatic ring is 1. The first-order valence-electron chi connectivity index (χ1n) is 8.42. The molecular weight excluding hydrogens is 362 g/mol. The Bertz CT molecular complexity index is 1130. The van der Waals surface area contributed by atoms with Gasteiger partial charge in [-0.25, -0.2) is 9.98 Å². The van der Waals surface area contributed by atoms with E-state index in [4.69, 9.17) is 10.3 Å². The van der Waals surface area contributed by atoms with Crippen LogP contribution in [0.4, 0.5) is 11.6 Å². The summed E-state index contributed by atoms with van der Waals surface area (Å²) >= 11 is 1.24. The van der Waals surface area contributed by atoms with Gasteiger partial charge in [0.1, 0.15) is 4.83 Å². The number of nitrogens with zero attached hydrogens (tertiary/aromatic N) is 4. The van der Waals surface area contributed by atoms with Crippen molar-refractivity contribution in [2.75, 3.05) is 5.73 Å². The molecule has 0 radical (unpaired) electrons. The molecule has 0 aliphatic heterocycles. The normalized spacial score (nSPS) is 12.2. The standard InChI is InChI=1S/C19H17N5O2S/c1-11(2)14-9-8-13-16(20)17(27-19(13)21-14)18(25)22-15-10-24(23-26-15)12-6-4-3-5-7-12/h3-11H,1-2H3,(H2-,20,22,23,25). The summed E-state index contributed by atoms with van der Waals surface area (Å²) in [5, 5.41) is 17.3. The van der Waals surface area contributed by atoms with E-state index in [2.05, 4.69) is 29.1 Å². The first-order chi connectivity index (χ1) is 13.0. The molecule has 0 unspecified atom stereocenters. The third-order valence-corrected chi connectivity index (χ3v) is 5.19. The number of para-hydroxylation sites is 1. The maximum Gasteiger partial charge on any atom is 0.321 e. The lowest BCUT2D eigenvalue weighted by molar-refractivity contribution is -0.670. The van der Waals surface area contributed by atoms with Crippen LogP contribution in [0.3, 0.4) is 0 Å². The van der Waals surface area contributed by atoms with Crippen molar-refractivity contribution in [3.8, 4) is 5.69 Å². The Morgan fingerprint density at radius 3 is 2.74 bits per heavy atom. The monoisotopic (exact) mass is 379 g/mol. The van der Waals surface area contributed by atoms with Crippen LogP contribution in [0.1, 0.15) is 30.3 Å². The van der Waals surface area contributed by atoms with E-state index in [-0.39, 0.29) is 5.88 Å². The number of pyridine rings is 1. The fraction of sp³-hybridized carbons (Fsp3) is 0.158. The van der Waals surface area contributed by atoms with E-state index in [1.165, 1.54) is 16.0 Å². The lowest BCUT2D eigenvalue weighted by atomic mass is 10.1. The molecule has 7 nitrogen and oxygen atoms in total. The van der Waals surface area contributed by atoms with Crippen molar-refractivity contribution in [1.82, 2.24) is 10.3 Å². The molecule has 0 aliphatic carbocycles. The number of thiophene rings is 1. The van der Waals surface area contributed by atoms with Gasteiger partial charge < -0.3 is 10.8 Å². The maximum absolute atomic E-state index is 12.6. The molecule has 0 fully saturated rings. The van der Waals surface area contributed by atoms with Crippen LogP contribution < -0.4 is 15.5 Å². The molecule has 8 heteroatoms. The van der Waals surface area contributed by atoms with Gasteiger partial charge in [0, 0.05) is 29.1 Å². The van der Waals surface area contributed by atoms with E-state index in [1.807, 2.05) is 42.5 Å². The number of benzene rings is 1. The van der Waals surface area contributed by atoms with Gasteiger partial charge in [-0.1, -0.05) is 32.0 Å². The number of aromatic nitrogens is 3. The second-order valence-electron chi connectivity index (χ2n) is 6.33. The highest BCUT2D eigenvalue weighted by Crippen LogP contribution is 2.33. The van der Waals surface area contributed by atoms with Crippen LogP contribution in [0, 0.1) is 0 Å². The molecule has 0 bridgehead atoms. The predicted octanol–water partition coefficient (Wildman–Crippen LogP) is 2.71. The molecule has 4 rings (SSSR count). The number of hydrogen-bond donors (Lipinski definition) is 1. The van der Waals surface area contributed by atoms with Gasteiger partial charge in [-0.15, -0.1) is 11.3 Å². The number of fused-ring (bicyclic) bond motifs is 1. The highest BCUT2D eigenvalue weighted by Gasteiger charge is 2.16. The lowest BCUT2D eigenvalue weighted by Crippen LogP contribution is -2.30. The molecule has 3 heterocycles. The van der Waals surface area contributed by atoms with Crippen molar-refractivity contribution in [2.45, 2.75) is 19.8 Å². The van der Waals surface area contributed by atoms with Gasteiger partial charge in [-0.05, 0) is 22.7 Å². The highest BCUT2D eigenvalue weighted by molar-refractivity contribution is 7.21. The van der Waals surface area contributed by atoms with Crippen LogP contribution in [0.15, 0.2) is 58.2 Å². The summed E-state index contributed by atoms with van der Waals surface area (Å²) in [5.41, 5.74) is 8.31. The summed E-state index contributed by atoms with van der Waals surface area (Å²) in [6, 6.07) is 13.2. The highest BCUT2D eigenvalue weighted by atomic mass is 32.1. The predicted molar refractivity (Wildman–Crippen MR) is 102 cm³/mol. The lowest BCUT2D eigenvalue weighted by Gasteiger charge is -2.06. The van der Waals surface area contributed by atoms with Crippen LogP contribution in [0.25, 0.3) is 15.9 Å². The zero-order valence-electron chi connectivity index (χ0n) is 14.8. The molecule has 0 aliphatic rings. The van der Waals surface area contributed by atoms with E-state index in [1.54, 1.807) is 6.20 Å². The molecule has 1 aromatic carbocycles. The van der Waals surface area contributed by atoms with Crippen LogP contribution in [0.5, 0.6) is 0 Å². The summed E-state index contributed by atoms with van der Waals surface area (Å²) in [6.45, 7) is 4.14. The Morgan fingerprint density at radius 2 is 2.00 bits per heavy atom. The van der Waals surface area contributed by atoms with E-state index in [0.717, 1.165) is 21.6 Å². The molecule has 0 spiro atoms. The van der Waals surface area contributed by atoms with Crippen molar-refractivity contribution in [1.29, 1.82) is 0 Å². The van der Waals surface area contributed by atoms with Gasteiger partial charge in [-0.2, -0.15) is 0 Å². The van der Waals surface area contributed by atoms with Crippen molar-refractivity contribution in [3.63, 3.8) is 0 Å². The topological polar surface area (TPSA) is 104 Å². The van der Waals surface area contributed by atoms with Gasteiger partial charge in [0.15, 0.2) is 0 Å². The van der Waals surface area contributed by atoms with E-state index in [9.17, 15) is 5.11 Å². The summed E-state index contributed by atoms with van der Waals surface area (Å²) in [6.07, 6.45) is 1.55. The van der Waals surface area contributed by atoms with Crippen LogP contribution in [-0.4, -0.2) is 16.2 Å². The largest absolute Gasteiger partial charge is 0.857 e. The zero-order valence-corrected chi connectivity index (χ0v) is 15.6.